The Morgan fingerprint density at radius 2 is 0.600 bits per heavy atom. The maximum absolute atomic E-state index is 13.7. The summed E-state index contributed by atoms with van der Waals surface area (Å²) in [4.78, 5) is 0. The van der Waals surface area contributed by atoms with Crippen LogP contribution in [0.5, 0.6) is 0 Å². The Morgan fingerprint density at radius 1 is 0.400 bits per heavy atom. The van der Waals surface area contributed by atoms with Crippen LogP contribution in [0.4, 0.5) is 110 Å². The van der Waals surface area contributed by atoms with E-state index in [1.54, 1.807) is 0 Å². The average molecular weight is 761 g/mol. The van der Waals surface area contributed by atoms with Crippen molar-refractivity contribution >= 4 is 10.4 Å². The number of hydrogen-bond acceptors (Lipinski definition) is 4. The molecule has 0 aliphatic carbocycles. The maximum atomic E-state index is 13.7. The van der Waals surface area contributed by atoms with Crippen molar-refractivity contribution in [2.45, 2.75) is 77.7 Å². The van der Waals surface area contributed by atoms with E-state index in [-0.39, 0.29) is 6.15 Å². The normalized spacial score (nSPS) is 16.5. The van der Waals surface area contributed by atoms with E-state index in [0.29, 0.717) is 0 Å². The summed E-state index contributed by atoms with van der Waals surface area (Å²) in [6.45, 7) is -2.70. The van der Waals surface area contributed by atoms with Gasteiger partial charge in [0.2, 0.25) is 0 Å². The summed E-state index contributed by atoms with van der Waals surface area (Å²) in [5.74, 6) is -99.8. The van der Waals surface area contributed by atoms with Gasteiger partial charge in [-0.25, -0.2) is 4.18 Å². The Morgan fingerprint density at radius 3 is 0.800 bits per heavy atom. The summed E-state index contributed by atoms with van der Waals surface area (Å²) >= 11 is 0. The van der Waals surface area contributed by atoms with E-state index < -0.39 is 94.8 Å². The third kappa shape index (κ3) is 6.12. The van der Waals surface area contributed by atoms with Crippen LogP contribution in [-0.2, 0) is 14.6 Å². The predicted octanol–water partition coefficient (Wildman–Crippen LogP) is 7.91. The fourth-order valence-electron chi connectivity index (χ4n) is 2.42. The SMILES string of the molecule is N.O=S(=O)(O)OCCC(F)(F)C(F)(F)C(F)(F)C(F)(F)C(F)(F)C(F)(F)C(F)(F)C(F)(F)C(F)(F)C(F)(F)C(F)(F)C(F)(F)F. The van der Waals surface area contributed by atoms with Crippen LogP contribution < -0.4 is 6.15 Å². The van der Waals surface area contributed by atoms with Gasteiger partial charge in [0.25, 0.3) is 0 Å². The molecule has 0 spiro atoms. The van der Waals surface area contributed by atoms with Crippen molar-refractivity contribution < 1.29 is 127 Å². The first-order valence-corrected chi connectivity index (χ1v) is 10.7. The van der Waals surface area contributed by atoms with Crippen LogP contribution in [0, 0.1) is 0 Å². The molecular formula is C14H8F25NO4S. The smallest absolute Gasteiger partial charge is 0.344 e. The minimum Gasteiger partial charge on any atom is -0.344 e. The van der Waals surface area contributed by atoms with Crippen LogP contribution in [0.1, 0.15) is 6.42 Å². The van der Waals surface area contributed by atoms with Gasteiger partial charge in [0.05, 0.1) is 6.61 Å². The molecule has 0 bridgehead atoms. The standard InChI is InChI=1S/C14H5F25O4S.H3N/c15-3(16,1-2-43-44(40,41)42)4(17,18)5(19,20)6(21,22)7(23,24)8(25,26)9(27,28)10(29,30)11(31,32)12(33,34)13(35,36)14(37,38)39;/h1-2H2,(H,40,41,42);1H3. The lowest BCUT2D eigenvalue weighted by Gasteiger charge is -2.45. The van der Waals surface area contributed by atoms with Gasteiger partial charge in [-0.05, 0) is 0 Å². The Bertz CT molecular complexity index is 1160. The fraction of sp³-hybridized carbons (Fsp3) is 1.00. The van der Waals surface area contributed by atoms with E-state index in [1.165, 1.54) is 0 Å². The van der Waals surface area contributed by atoms with Crippen LogP contribution in [0.3, 0.4) is 0 Å². The molecule has 0 aliphatic rings. The Balaban J connectivity index is 0. The third-order valence-corrected chi connectivity index (χ3v) is 5.48. The minimum atomic E-state index is -9.68. The summed E-state index contributed by atoms with van der Waals surface area (Å²) < 4.78 is 363. The molecule has 0 radical (unpaired) electrons. The molecule has 0 amide bonds. The minimum absolute atomic E-state index is 0. The molecule has 31 heteroatoms. The van der Waals surface area contributed by atoms with Gasteiger partial charge in [0.1, 0.15) is 0 Å². The van der Waals surface area contributed by atoms with E-state index in [1.807, 2.05) is 0 Å². The zero-order chi connectivity index (χ0) is 36.6. The Hall–Kier alpha value is -1.92. The lowest BCUT2D eigenvalue weighted by atomic mass is 9.84. The summed E-state index contributed by atoms with van der Waals surface area (Å²) in [6, 6.07) is 0. The lowest BCUT2D eigenvalue weighted by Crippen LogP contribution is -2.78. The largest absolute Gasteiger partial charge is 0.460 e. The molecule has 0 aromatic heterocycles. The lowest BCUT2D eigenvalue weighted by molar-refractivity contribution is -0.482. The van der Waals surface area contributed by atoms with E-state index in [2.05, 4.69) is 4.18 Å². The number of rotatable bonds is 14. The summed E-state index contributed by atoms with van der Waals surface area (Å²) in [7, 11) is -5.98. The van der Waals surface area contributed by atoms with Crippen LogP contribution in [0.25, 0.3) is 0 Å². The second-order valence-corrected chi connectivity index (χ2v) is 9.04. The highest BCUT2D eigenvalue weighted by Crippen LogP contribution is 2.67. The summed E-state index contributed by atoms with van der Waals surface area (Å²) in [5.41, 5.74) is 0. The van der Waals surface area contributed by atoms with Gasteiger partial charge < -0.3 is 6.15 Å². The van der Waals surface area contributed by atoms with Crippen molar-refractivity contribution in [3.63, 3.8) is 0 Å². The average Bonchev–Trinajstić information content (AvgIpc) is 2.75. The molecule has 0 heterocycles. The number of hydrogen-bond donors (Lipinski definition) is 2. The molecule has 0 saturated heterocycles. The molecule has 0 aliphatic heterocycles. The molecule has 274 valence electrons. The predicted molar refractivity (Wildman–Crippen MR) is 87.6 cm³/mol. The van der Waals surface area contributed by atoms with E-state index in [0.717, 1.165) is 0 Å². The molecular weight excluding hydrogens is 753 g/mol. The molecule has 4 N–H and O–H groups in total. The first-order valence-electron chi connectivity index (χ1n) is 9.30. The van der Waals surface area contributed by atoms with Crippen LogP contribution in [-0.4, -0.2) is 90.9 Å². The Kier molecular flexibility index (Phi) is 11.4. The van der Waals surface area contributed by atoms with Crippen molar-refractivity contribution in [2.24, 2.45) is 0 Å². The quantitative estimate of drug-likeness (QED) is 0.139. The van der Waals surface area contributed by atoms with E-state index in [9.17, 15) is 118 Å². The molecule has 0 rings (SSSR count). The monoisotopic (exact) mass is 761 g/mol. The van der Waals surface area contributed by atoms with Crippen molar-refractivity contribution in [3.05, 3.63) is 0 Å². The van der Waals surface area contributed by atoms with Gasteiger partial charge in [-0.1, -0.05) is 0 Å². The fourth-order valence-corrected chi connectivity index (χ4v) is 2.71. The Labute approximate surface area is 229 Å². The highest BCUT2D eigenvalue weighted by Gasteiger charge is 2.99. The topological polar surface area (TPSA) is 98.6 Å². The highest BCUT2D eigenvalue weighted by atomic mass is 32.3. The first kappa shape index (κ1) is 45.2. The van der Waals surface area contributed by atoms with E-state index >= 15 is 0 Å². The zero-order valence-electron chi connectivity index (χ0n) is 19.7. The molecule has 0 fully saturated rings. The van der Waals surface area contributed by atoms with E-state index in [4.69, 9.17) is 4.55 Å². The van der Waals surface area contributed by atoms with Crippen LogP contribution >= 0.6 is 0 Å². The van der Waals surface area contributed by atoms with Crippen LogP contribution in [0.15, 0.2) is 0 Å². The third-order valence-electron chi connectivity index (χ3n) is 5.01. The first-order chi connectivity index (χ1) is 18.5. The molecule has 0 aromatic carbocycles. The molecule has 0 atom stereocenters. The van der Waals surface area contributed by atoms with Gasteiger partial charge in [0, 0.05) is 6.42 Å². The van der Waals surface area contributed by atoms with Crippen LogP contribution in [0.2, 0.25) is 0 Å². The molecule has 0 saturated carbocycles. The molecule has 45 heavy (non-hydrogen) atoms. The van der Waals surface area contributed by atoms with Gasteiger partial charge in [0.15, 0.2) is 0 Å². The summed E-state index contributed by atoms with van der Waals surface area (Å²) in [5, 5.41) is 0. The molecule has 5 nitrogen and oxygen atoms in total. The number of halogens is 25. The maximum Gasteiger partial charge on any atom is 0.460 e. The highest BCUT2D eigenvalue weighted by molar-refractivity contribution is 7.80. The van der Waals surface area contributed by atoms with Gasteiger partial charge in [-0.2, -0.15) is 118 Å². The second-order valence-electron chi connectivity index (χ2n) is 7.95. The van der Waals surface area contributed by atoms with Crippen molar-refractivity contribution in [3.8, 4) is 0 Å². The van der Waals surface area contributed by atoms with Crippen molar-refractivity contribution in [1.82, 2.24) is 6.15 Å². The number of alkyl halides is 25. The zero-order valence-corrected chi connectivity index (χ0v) is 20.5. The summed E-state index contributed by atoms with van der Waals surface area (Å²) in [6.07, 6.45) is -11.6. The second kappa shape index (κ2) is 11.4. The molecule has 0 unspecified atom stereocenters. The van der Waals surface area contributed by atoms with Crippen molar-refractivity contribution in [1.29, 1.82) is 0 Å². The van der Waals surface area contributed by atoms with Gasteiger partial charge in [-0.3, -0.25) is 4.55 Å². The van der Waals surface area contributed by atoms with Gasteiger partial charge in [-0.15, -0.1) is 0 Å². The molecule has 0 aromatic rings. The van der Waals surface area contributed by atoms with Crippen molar-refractivity contribution in [2.75, 3.05) is 6.61 Å². The van der Waals surface area contributed by atoms with Gasteiger partial charge >= 0.3 is 81.7 Å².